The minimum absolute atomic E-state index is 0.166. The van der Waals surface area contributed by atoms with E-state index in [9.17, 15) is 9.59 Å². The molecule has 2 rings (SSSR count). The van der Waals surface area contributed by atoms with Gasteiger partial charge in [0, 0.05) is 17.7 Å². The fraction of sp³-hybridized carbons (Fsp3) is 0.474. The second-order valence-corrected chi connectivity index (χ2v) is 7.29. The number of benzene rings is 1. The molecule has 1 saturated carbocycles. The molecule has 0 N–H and O–H groups in total. The highest BCUT2D eigenvalue weighted by molar-refractivity contribution is 8.01. The largest absolute Gasteiger partial charge is 0.469 e. The molecule has 1 aliphatic carbocycles. The van der Waals surface area contributed by atoms with Crippen molar-refractivity contribution in [2.75, 3.05) is 7.11 Å². The van der Waals surface area contributed by atoms with Crippen LogP contribution in [0.25, 0.3) is 0 Å². The van der Waals surface area contributed by atoms with Gasteiger partial charge in [0.05, 0.1) is 11.9 Å². The Labute approximate surface area is 142 Å². The van der Waals surface area contributed by atoms with Crippen LogP contribution in [0.3, 0.4) is 0 Å². The average molecular weight is 332 g/mol. The number of hydrogen-bond acceptors (Lipinski definition) is 4. The van der Waals surface area contributed by atoms with Crippen molar-refractivity contribution in [1.82, 2.24) is 0 Å². The van der Waals surface area contributed by atoms with E-state index in [1.54, 1.807) is 11.8 Å². The third kappa shape index (κ3) is 5.24. The summed E-state index contributed by atoms with van der Waals surface area (Å²) in [7, 11) is 1.41. The Bertz CT molecular complexity index is 553. The molecule has 1 fully saturated rings. The molecular formula is C19H24O3S. The highest BCUT2D eigenvalue weighted by atomic mass is 32.2. The molecule has 4 heteroatoms. The van der Waals surface area contributed by atoms with E-state index in [2.05, 4.69) is 29.0 Å². The monoisotopic (exact) mass is 332 g/mol. The maximum absolute atomic E-state index is 12.4. The van der Waals surface area contributed by atoms with E-state index in [1.165, 1.54) is 7.11 Å². The Balaban J connectivity index is 1.89. The molecule has 1 aromatic carbocycles. The van der Waals surface area contributed by atoms with Gasteiger partial charge in [-0.2, -0.15) is 0 Å². The van der Waals surface area contributed by atoms with Gasteiger partial charge in [-0.15, -0.1) is 11.8 Å². The summed E-state index contributed by atoms with van der Waals surface area (Å²) >= 11 is 1.70. The number of rotatable bonds is 8. The predicted octanol–water partition coefficient (Wildman–Crippen LogP) is 4.56. The quantitative estimate of drug-likeness (QED) is 0.398. The van der Waals surface area contributed by atoms with Crippen LogP contribution in [-0.2, 0) is 14.3 Å². The zero-order chi connectivity index (χ0) is 16.5. The number of ether oxygens (including phenoxy) is 1. The van der Waals surface area contributed by atoms with Crippen molar-refractivity contribution in [3.05, 3.63) is 42.5 Å². The predicted molar refractivity (Wildman–Crippen MR) is 93.5 cm³/mol. The van der Waals surface area contributed by atoms with Crippen LogP contribution in [0.4, 0.5) is 0 Å². The van der Waals surface area contributed by atoms with Crippen LogP contribution in [0.2, 0.25) is 0 Å². The molecule has 23 heavy (non-hydrogen) atoms. The van der Waals surface area contributed by atoms with Crippen molar-refractivity contribution in [2.24, 2.45) is 0 Å². The lowest BCUT2D eigenvalue weighted by atomic mass is 10.0. The molecule has 3 nitrogen and oxygen atoms in total. The Morgan fingerprint density at radius 2 is 2.09 bits per heavy atom. The van der Waals surface area contributed by atoms with Gasteiger partial charge < -0.3 is 4.74 Å². The SMILES string of the molecule is COC(=O)CCCC=CCC1(Sc2ccccc2)CCCC1=O. The molecule has 1 aliphatic rings. The highest BCUT2D eigenvalue weighted by Crippen LogP contribution is 2.45. The first kappa shape index (κ1) is 17.8. The van der Waals surface area contributed by atoms with Crippen LogP contribution < -0.4 is 0 Å². The van der Waals surface area contributed by atoms with E-state index in [4.69, 9.17) is 0 Å². The molecule has 1 aromatic rings. The van der Waals surface area contributed by atoms with Crippen LogP contribution >= 0.6 is 11.8 Å². The number of hydrogen-bond donors (Lipinski definition) is 0. The van der Waals surface area contributed by atoms with Crippen molar-refractivity contribution in [2.45, 2.75) is 54.6 Å². The summed E-state index contributed by atoms with van der Waals surface area (Å²) in [4.78, 5) is 24.6. The number of allylic oxidation sites excluding steroid dienone is 2. The lowest BCUT2D eigenvalue weighted by Gasteiger charge is -2.25. The minimum atomic E-state index is -0.305. The first-order valence-corrected chi connectivity index (χ1v) is 8.97. The summed E-state index contributed by atoms with van der Waals surface area (Å²) in [6.07, 6.45) is 9.65. The van der Waals surface area contributed by atoms with E-state index >= 15 is 0 Å². The molecule has 0 aromatic heterocycles. The van der Waals surface area contributed by atoms with E-state index in [0.717, 1.165) is 37.0 Å². The summed E-state index contributed by atoms with van der Waals surface area (Å²) in [5.41, 5.74) is 0. The number of esters is 1. The molecule has 1 atom stereocenters. The Kier molecular flexibility index (Phi) is 6.90. The topological polar surface area (TPSA) is 43.4 Å². The maximum Gasteiger partial charge on any atom is 0.305 e. The van der Waals surface area contributed by atoms with Gasteiger partial charge in [-0.05, 0) is 44.2 Å². The molecular weight excluding hydrogens is 308 g/mol. The second-order valence-electron chi connectivity index (χ2n) is 5.83. The van der Waals surface area contributed by atoms with Crippen LogP contribution in [0, 0.1) is 0 Å². The first-order valence-electron chi connectivity index (χ1n) is 8.15. The van der Waals surface area contributed by atoms with Crippen molar-refractivity contribution in [3.8, 4) is 0 Å². The molecule has 0 spiro atoms. The third-order valence-corrected chi connectivity index (χ3v) is 5.64. The smallest absolute Gasteiger partial charge is 0.305 e. The van der Waals surface area contributed by atoms with Crippen molar-refractivity contribution in [3.63, 3.8) is 0 Å². The lowest BCUT2D eigenvalue weighted by Crippen LogP contribution is -2.28. The average Bonchev–Trinajstić information content (AvgIpc) is 2.92. The summed E-state index contributed by atoms with van der Waals surface area (Å²) in [6, 6.07) is 10.2. The molecule has 1 unspecified atom stereocenters. The number of carbonyl (C=O) groups is 2. The summed E-state index contributed by atoms with van der Waals surface area (Å²) in [6.45, 7) is 0. The normalized spacial score (nSPS) is 21.0. The van der Waals surface area contributed by atoms with Crippen LogP contribution in [-0.4, -0.2) is 23.6 Å². The summed E-state index contributed by atoms with van der Waals surface area (Å²) in [5, 5.41) is 0. The lowest BCUT2D eigenvalue weighted by molar-refractivity contribution is -0.140. The van der Waals surface area contributed by atoms with Gasteiger partial charge >= 0.3 is 5.97 Å². The fourth-order valence-electron chi connectivity index (χ4n) is 2.84. The van der Waals surface area contributed by atoms with Gasteiger partial charge in [0.15, 0.2) is 0 Å². The highest BCUT2D eigenvalue weighted by Gasteiger charge is 2.41. The molecule has 0 bridgehead atoms. The van der Waals surface area contributed by atoms with E-state index in [0.29, 0.717) is 18.6 Å². The van der Waals surface area contributed by atoms with Crippen LogP contribution in [0.5, 0.6) is 0 Å². The van der Waals surface area contributed by atoms with Gasteiger partial charge in [-0.3, -0.25) is 9.59 Å². The zero-order valence-electron chi connectivity index (χ0n) is 13.6. The van der Waals surface area contributed by atoms with Gasteiger partial charge in [-0.25, -0.2) is 0 Å². The molecule has 0 saturated heterocycles. The molecule has 0 amide bonds. The fourth-order valence-corrected chi connectivity index (χ4v) is 4.23. The van der Waals surface area contributed by atoms with Crippen LogP contribution in [0.1, 0.15) is 44.9 Å². The summed E-state index contributed by atoms with van der Waals surface area (Å²) in [5.74, 6) is 0.200. The van der Waals surface area contributed by atoms with Crippen molar-refractivity contribution in [1.29, 1.82) is 0 Å². The van der Waals surface area contributed by atoms with Crippen LogP contribution in [0.15, 0.2) is 47.4 Å². The Morgan fingerprint density at radius 3 is 2.74 bits per heavy atom. The summed E-state index contributed by atoms with van der Waals surface area (Å²) < 4.78 is 4.32. The number of methoxy groups -OCH3 is 1. The van der Waals surface area contributed by atoms with E-state index in [1.807, 2.05) is 18.2 Å². The number of unbranched alkanes of at least 4 members (excludes halogenated alkanes) is 1. The molecule has 124 valence electrons. The van der Waals surface area contributed by atoms with Gasteiger partial charge in [0.2, 0.25) is 0 Å². The first-order chi connectivity index (χ1) is 11.2. The molecule has 0 aliphatic heterocycles. The minimum Gasteiger partial charge on any atom is -0.469 e. The van der Waals surface area contributed by atoms with E-state index in [-0.39, 0.29) is 10.7 Å². The Hall–Kier alpha value is -1.55. The molecule has 0 radical (unpaired) electrons. The van der Waals surface area contributed by atoms with Crippen molar-refractivity contribution < 1.29 is 14.3 Å². The molecule has 0 heterocycles. The van der Waals surface area contributed by atoms with Gasteiger partial charge in [0.1, 0.15) is 5.78 Å². The van der Waals surface area contributed by atoms with Gasteiger partial charge in [0.25, 0.3) is 0 Å². The standard InChI is InChI=1S/C19H24O3S/c1-22-18(21)13-7-2-3-8-14-19(15-9-12-17(19)20)23-16-10-5-4-6-11-16/h3-6,8,10-11H,2,7,9,12-15H2,1H3. The third-order valence-electron chi connectivity index (χ3n) is 4.14. The van der Waals surface area contributed by atoms with Crippen molar-refractivity contribution >= 4 is 23.5 Å². The Morgan fingerprint density at radius 1 is 1.30 bits per heavy atom. The maximum atomic E-state index is 12.4. The van der Waals surface area contributed by atoms with E-state index < -0.39 is 0 Å². The number of Topliss-reactive ketones (excluding diaryl/α,β-unsaturated/α-hetero) is 1. The number of thioether (sulfide) groups is 1. The number of ketones is 1. The van der Waals surface area contributed by atoms with Gasteiger partial charge in [-0.1, -0.05) is 30.4 Å². The number of carbonyl (C=O) groups excluding carboxylic acids is 2. The zero-order valence-corrected chi connectivity index (χ0v) is 14.4. The second kappa shape index (κ2) is 8.92.